The number of hydrogen-bond acceptors (Lipinski definition) is 6. The molecule has 0 atom stereocenters. The molecule has 0 N–H and O–H groups in total. The van der Waals surface area contributed by atoms with E-state index in [2.05, 4.69) is 30.2 Å². The van der Waals surface area contributed by atoms with Crippen LogP contribution in [0.5, 0.6) is 0 Å². The molecule has 7 nitrogen and oxygen atoms in total. The third-order valence-electron chi connectivity index (χ3n) is 4.23. The third-order valence-corrected chi connectivity index (χ3v) is 4.23. The number of rotatable bonds is 4. The first kappa shape index (κ1) is 17.4. The van der Waals surface area contributed by atoms with Gasteiger partial charge in [-0.05, 0) is 24.6 Å². The Kier molecular flexibility index (Phi) is 4.75. The van der Waals surface area contributed by atoms with Gasteiger partial charge in [-0.1, -0.05) is 25.1 Å². The van der Waals surface area contributed by atoms with Gasteiger partial charge in [-0.15, -0.1) is 5.10 Å². The van der Waals surface area contributed by atoms with E-state index in [0.29, 0.717) is 31.1 Å². The second-order valence-electron chi connectivity index (χ2n) is 7.19. The summed E-state index contributed by atoms with van der Waals surface area (Å²) in [5.74, 6) is 0.703. The molecule has 25 heavy (non-hydrogen) atoms. The maximum Gasteiger partial charge on any atom is 0.177 e. The molecule has 2 aromatic rings. The fraction of sp³-hybridized carbons (Fsp3) is 0.500. The largest absolute Gasteiger partial charge is 0.350 e. The van der Waals surface area contributed by atoms with Crippen molar-refractivity contribution in [2.24, 2.45) is 5.41 Å². The minimum Gasteiger partial charge on any atom is -0.350 e. The highest BCUT2D eigenvalue weighted by Crippen LogP contribution is 2.27. The van der Waals surface area contributed by atoms with Crippen molar-refractivity contribution in [3.63, 3.8) is 0 Å². The van der Waals surface area contributed by atoms with Crippen LogP contribution in [0.15, 0.2) is 24.4 Å². The maximum atomic E-state index is 9.10. The van der Waals surface area contributed by atoms with Crippen molar-refractivity contribution < 1.29 is 9.47 Å². The van der Waals surface area contributed by atoms with Gasteiger partial charge in [0, 0.05) is 18.2 Å². The number of benzene rings is 1. The van der Waals surface area contributed by atoms with E-state index in [1.54, 1.807) is 4.68 Å². The smallest absolute Gasteiger partial charge is 0.177 e. The molecule has 1 aliphatic heterocycles. The SMILES string of the molecule is Cc1ccc(C#N)cc1N(C)c1cn(CC2OCC(C)(C)CO2)nn1. The average Bonchev–Trinajstić information content (AvgIpc) is 3.05. The zero-order chi connectivity index (χ0) is 18.0. The first-order valence-corrected chi connectivity index (χ1v) is 8.26. The second-order valence-corrected chi connectivity index (χ2v) is 7.19. The van der Waals surface area contributed by atoms with Gasteiger partial charge in [-0.25, -0.2) is 4.68 Å². The van der Waals surface area contributed by atoms with Crippen LogP contribution in [-0.2, 0) is 16.0 Å². The summed E-state index contributed by atoms with van der Waals surface area (Å²) in [5.41, 5.74) is 2.66. The molecule has 0 saturated carbocycles. The predicted octanol–water partition coefficient (Wildman–Crippen LogP) is 2.63. The Bertz CT molecular complexity index is 783. The van der Waals surface area contributed by atoms with E-state index in [1.165, 1.54) is 0 Å². The molecule has 0 amide bonds. The number of ether oxygens (including phenoxy) is 2. The molecule has 1 fully saturated rings. The van der Waals surface area contributed by atoms with Gasteiger partial charge in [-0.2, -0.15) is 5.26 Å². The number of aryl methyl sites for hydroxylation is 1. The van der Waals surface area contributed by atoms with Crippen LogP contribution in [0.25, 0.3) is 0 Å². The molecule has 0 spiro atoms. The Morgan fingerprint density at radius 2 is 2.08 bits per heavy atom. The molecule has 0 aliphatic carbocycles. The first-order chi connectivity index (χ1) is 11.9. The number of aromatic nitrogens is 3. The number of hydrogen-bond donors (Lipinski definition) is 0. The monoisotopic (exact) mass is 341 g/mol. The van der Waals surface area contributed by atoms with Crippen molar-refractivity contribution >= 4 is 11.5 Å². The quantitative estimate of drug-likeness (QED) is 0.851. The lowest BCUT2D eigenvalue weighted by molar-refractivity contribution is -0.227. The van der Waals surface area contributed by atoms with Gasteiger partial charge in [0.1, 0.15) is 0 Å². The summed E-state index contributed by atoms with van der Waals surface area (Å²) >= 11 is 0. The Labute approximate surface area is 147 Å². The first-order valence-electron chi connectivity index (χ1n) is 8.26. The Morgan fingerprint density at radius 1 is 1.36 bits per heavy atom. The van der Waals surface area contributed by atoms with Crippen LogP contribution in [0, 0.1) is 23.7 Å². The lowest BCUT2D eigenvalue weighted by atomic mass is 9.96. The van der Waals surface area contributed by atoms with E-state index in [9.17, 15) is 0 Å². The molecule has 0 radical (unpaired) electrons. The highest BCUT2D eigenvalue weighted by atomic mass is 16.7. The van der Waals surface area contributed by atoms with Crippen LogP contribution in [0.2, 0.25) is 0 Å². The van der Waals surface area contributed by atoms with Crippen molar-refractivity contribution in [1.82, 2.24) is 15.0 Å². The number of nitrogens with zero attached hydrogens (tertiary/aromatic N) is 5. The molecule has 1 aliphatic rings. The van der Waals surface area contributed by atoms with Crippen LogP contribution in [0.1, 0.15) is 25.0 Å². The lowest BCUT2D eigenvalue weighted by Crippen LogP contribution is -2.39. The van der Waals surface area contributed by atoms with E-state index in [0.717, 1.165) is 11.3 Å². The molecule has 3 rings (SSSR count). The van der Waals surface area contributed by atoms with Gasteiger partial charge >= 0.3 is 0 Å². The maximum absolute atomic E-state index is 9.10. The van der Waals surface area contributed by atoms with Crippen LogP contribution in [0.3, 0.4) is 0 Å². The summed E-state index contributed by atoms with van der Waals surface area (Å²) < 4.78 is 13.2. The molecule has 1 aromatic heterocycles. The molecule has 2 heterocycles. The van der Waals surface area contributed by atoms with Crippen molar-refractivity contribution in [3.05, 3.63) is 35.5 Å². The molecule has 0 unspecified atom stereocenters. The van der Waals surface area contributed by atoms with Crippen LogP contribution in [0.4, 0.5) is 11.5 Å². The minimum absolute atomic E-state index is 0.0491. The van der Waals surface area contributed by atoms with Crippen LogP contribution >= 0.6 is 0 Å². The molecule has 0 bridgehead atoms. The van der Waals surface area contributed by atoms with Gasteiger partial charge in [-0.3, -0.25) is 0 Å². The zero-order valence-electron chi connectivity index (χ0n) is 15.1. The van der Waals surface area contributed by atoms with E-state index in [-0.39, 0.29) is 11.7 Å². The van der Waals surface area contributed by atoms with E-state index >= 15 is 0 Å². The summed E-state index contributed by atoms with van der Waals surface area (Å²) in [6.45, 7) is 8.06. The molecular weight excluding hydrogens is 318 g/mol. The van der Waals surface area contributed by atoms with E-state index in [4.69, 9.17) is 14.7 Å². The fourth-order valence-corrected chi connectivity index (χ4v) is 2.68. The average molecular weight is 341 g/mol. The molecule has 7 heteroatoms. The number of nitriles is 1. The third kappa shape index (κ3) is 3.98. The van der Waals surface area contributed by atoms with Crippen molar-refractivity contribution in [3.8, 4) is 6.07 Å². The molecule has 132 valence electrons. The topological polar surface area (TPSA) is 76.2 Å². The minimum atomic E-state index is -0.309. The zero-order valence-corrected chi connectivity index (χ0v) is 15.1. The fourth-order valence-electron chi connectivity index (χ4n) is 2.68. The van der Waals surface area contributed by atoms with Crippen molar-refractivity contribution in [2.45, 2.75) is 33.6 Å². The standard InChI is InChI=1S/C18H23N5O2/c1-13-5-6-14(8-19)7-15(13)22(4)16-9-23(21-20-16)10-17-24-11-18(2,3)12-25-17/h5-7,9,17H,10-12H2,1-4H3. The molecular formula is C18H23N5O2. The Morgan fingerprint density at radius 3 is 2.76 bits per heavy atom. The van der Waals surface area contributed by atoms with Gasteiger partial charge in [0.05, 0.1) is 37.6 Å². The van der Waals surface area contributed by atoms with Crippen LogP contribution < -0.4 is 4.90 Å². The molecule has 1 aromatic carbocycles. The van der Waals surface area contributed by atoms with Gasteiger partial charge < -0.3 is 14.4 Å². The summed E-state index contributed by atoms with van der Waals surface area (Å²) in [6, 6.07) is 7.76. The Balaban J connectivity index is 1.70. The van der Waals surface area contributed by atoms with Gasteiger partial charge in [0.2, 0.25) is 0 Å². The highest BCUT2D eigenvalue weighted by Gasteiger charge is 2.28. The Hall–Kier alpha value is -2.43. The second kappa shape index (κ2) is 6.82. The van der Waals surface area contributed by atoms with Crippen molar-refractivity contribution in [2.75, 3.05) is 25.2 Å². The summed E-state index contributed by atoms with van der Waals surface area (Å²) in [6.07, 6.45) is 1.54. The van der Waals surface area contributed by atoms with E-state index in [1.807, 2.05) is 43.3 Å². The number of anilines is 2. The summed E-state index contributed by atoms with van der Waals surface area (Å²) in [7, 11) is 1.91. The summed E-state index contributed by atoms with van der Waals surface area (Å²) in [5, 5.41) is 17.5. The lowest BCUT2D eigenvalue weighted by Gasteiger charge is -2.34. The normalized spacial score (nSPS) is 17.2. The highest BCUT2D eigenvalue weighted by molar-refractivity contribution is 5.64. The van der Waals surface area contributed by atoms with Gasteiger partial charge in [0.15, 0.2) is 12.1 Å². The van der Waals surface area contributed by atoms with Crippen molar-refractivity contribution in [1.29, 1.82) is 5.26 Å². The van der Waals surface area contributed by atoms with Crippen LogP contribution in [-0.4, -0.2) is 41.5 Å². The molecule has 1 saturated heterocycles. The van der Waals surface area contributed by atoms with Gasteiger partial charge in [0.25, 0.3) is 0 Å². The van der Waals surface area contributed by atoms with E-state index < -0.39 is 0 Å². The predicted molar refractivity (Wildman–Crippen MR) is 93.5 cm³/mol. The summed E-state index contributed by atoms with van der Waals surface area (Å²) in [4.78, 5) is 1.92.